The highest BCUT2D eigenvalue weighted by atomic mass is 32.2. The van der Waals surface area contributed by atoms with Gasteiger partial charge in [0, 0.05) is 22.0 Å². The van der Waals surface area contributed by atoms with Gasteiger partial charge < -0.3 is 0 Å². The van der Waals surface area contributed by atoms with Crippen molar-refractivity contribution in [2.45, 2.75) is 16.7 Å². The summed E-state index contributed by atoms with van der Waals surface area (Å²) in [5.41, 5.74) is 3.24. The van der Waals surface area contributed by atoms with Gasteiger partial charge in [0.25, 0.3) is 10.0 Å². The van der Waals surface area contributed by atoms with Crippen molar-refractivity contribution < 1.29 is 18.0 Å². The lowest BCUT2D eigenvalue weighted by Crippen LogP contribution is -2.42. The minimum atomic E-state index is -3.98. The first-order valence-electron chi connectivity index (χ1n) is 8.25. The summed E-state index contributed by atoms with van der Waals surface area (Å²) in [7, 11) is -3.98. The Bertz CT molecular complexity index is 1140. The molecule has 7 nitrogen and oxygen atoms in total. The van der Waals surface area contributed by atoms with Crippen molar-refractivity contribution in [3.63, 3.8) is 0 Å². The molecule has 3 rings (SSSR count). The molecular weight excluding hydrogens is 398 g/mol. The highest BCUT2D eigenvalue weighted by Gasteiger charge is 2.16. The minimum Gasteiger partial charge on any atom is -0.295 e. The van der Waals surface area contributed by atoms with Crippen molar-refractivity contribution in [3.8, 4) is 0 Å². The largest absolute Gasteiger partial charge is 0.295 e. The highest BCUT2D eigenvalue weighted by Crippen LogP contribution is 2.25. The van der Waals surface area contributed by atoms with Crippen molar-refractivity contribution in [1.82, 2.24) is 15.2 Å². The zero-order chi connectivity index (χ0) is 20.1. The maximum absolute atomic E-state index is 12.3. The molecule has 2 aromatic carbocycles. The first-order valence-corrected chi connectivity index (χ1v) is 10.7. The second kappa shape index (κ2) is 8.51. The molecule has 0 spiro atoms. The summed E-state index contributed by atoms with van der Waals surface area (Å²) in [6, 6.07) is 15.0. The van der Waals surface area contributed by atoms with Gasteiger partial charge in [-0.05, 0) is 31.2 Å². The summed E-state index contributed by atoms with van der Waals surface area (Å²) < 4.78 is 24.6. The number of aromatic nitrogens is 1. The molecule has 0 fully saturated rings. The van der Waals surface area contributed by atoms with E-state index in [1.165, 1.54) is 43.0 Å². The third-order valence-corrected chi connectivity index (χ3v) is 6.12. The Morgan fingerprint density at radius 2 is 1.82 bits per heavy atom. The molecule has 0 bridgehead atoms. The van der Waals surface area contributed by atoms with Crippen molar-refractivity contribution in [2.75, 3.05) is 5.75 Å². The van der Waals surface area contributed by atoms with Gasteiger partial charge in [0.2, 0.25) is 5.91 Å². The molecule has 0 aliphatic carbocycles. The summed E-state index contributed by atoms with van der Waals surface area (Å²) in [5, 5.41) is 0.957. The van der Waals surface area contributed by atoms with Crippen LogP contribution in [-0.2, 0) is 14.8 Å². The van der Waals surface area contributed by atoms with Gasteiger partial charge in [-0.25, -0.2) is 8.42 Å². The molecule has 1 aromatic heterocycles. The lowest BCUT2D eigenvalue weighted by atomic mass is 10.2. The smallest absolute Gasteiger partial charge is 0.257 e. The summed E-state index contributed by atoms with van der Waals surface area (Å²) in [6.45, 7) is 1.35. The summed E-state index contributed by atoms with van der Waals surface area (Å²) in [4.78, 5) is 30.6. The van der Waals surface area contributed by atoms with E-state index in [0.29, 0.717) is 0 Å². The Hall–Kier alpha value is -2.75. The van der Waals surface area contributed by atoms with Gasteiger partial charge in [0.15, 0.2) is 5.78 Å². The van der Waals surface area contributed by atoms with Crippen molar-refractivity contribution in [1.29, 1.82) is 0 Å². The van der Waals surface area contributed by atoms with Crippen LogP contribution in [-0.4, -0.2) is 30.8 Å². The molecule has 0 aliphatic heterocycles. The molecule has 0 unspecified atom stereocenters. The number of hydrogen-bond donors (Lipinski definition) is 2. The number of benzene rings is 2. The number of nitrogens with zero attached hydrogens (tertiary/aromatic N) is 1. The number of thioether (sulfide) groups is 1. The maximum atomic E-state index is 12.3. The van der Waals surface area contributed by atoms with Gasteiger partial charge in [0.05, 0.1) is 16.2 Å². The Morgan fingerprint density at radius 3 is 2.61 bits per heavy atom. The fourth-order valence-corrected chi connectivity index (χ4v) is 4.18. The molecule has 1 amide bonds. The molecule has 2 N–H and O–H groups in total. The second-order valence-corrected chi connectivity index (χ2v) is 8.56. The Kier molecular flexibility index (Phi) is 6.08. The van der Waals surface area contributed by atoms with Crippen LogP contribution in [0.25, 0.3) is 10.9 Å². The predicted octanol–water partition coefficient (Wildman–Crippen LogP) is 2.54. The van der Waals surface area contributed by atoms with Crippen LogP contribution in [0.5, 0.6) is 0 Å². The van der Waals surface area contributed by atoms with Crippen LogP contribution in [0, 0.1) is 0 Å². The summed E-state index contributed by atoms with van der Waals surface area (Å²) in [5.74, 6) is -0.753. The third kappa shape index (κ3) is 4.75. The van der Waals surface area contributed by atoms with Gasteiger partial charge in [-0.1, -0.05) is 30.3 Å². The van der Waals surface area contributed by atoms with E-state index in [2.05, 4.69) is 10.4 Å². The lowest BCUT2D eigenvalue weighted by Gasteiger charge is -2.09. The average molecular weight is 415 g/mol. The lowest BCUT2D eigenvalue weighted by molar-refractivity contribution is -0.119. The number of sulfonamides is 1. The molecular formula is C19H17N3O4S2. The van der Waals surface area contributed by atoms with E-state index in [1.807, 2.05) is 35.2 Å². The van der Waals surface area contributed by atoms with Gasteiger partial charge in [-0.15, -0.1) is 16.6 Å². The zero-order valence-corrected chi connectivity index (χ0v) is 16.5. The van der Waals surface area contributed by atoms with Crippen LogP contribution < -0.4 is 10.3 Å². The van der Waals surface area contributed by atoms with Gasteiger partial charge >= 0.3 is 0 Å². The number of fused-ring (bicyclic) bond motifs is 1. The van der Waals surface area contributed by atoms with Crippen LogP contribution in [0.3, 0.4) is 0 Å². The van der Waals surface area contributed by atoms with Crippen LogP contribution >= 0.6 is 11.8 Å². The molecule has 0 atom stereocenters. The van der Waals surface area contributed by atoms with Gasteiger partial charge in [-0.2, -0.15) is 0 Å². The van der Waals surface area contributed by atoms with E-state index < -0.39 is 15.9 Å². The molecule has 0 saturated carbocycles. The van der Waals surface area contributed by atoms with E-state index in [-0.39, 0.29) is 22.0 Å². The Morgan fingerprint density at radius 1 is 1.07 bits per heavy atom. The number of nitrogens with one attached hydrogen (secondary N) is 2. The molecule has 0 radical (unpaired) electrons. The van der Waals surface area contributed by atoms with Crippen LogP contribution in [0.2, 0.25) is 0 Å². The number of amides is 1. The van der Waals surface area contributed by atoms with Crippen LogP contribution in [0.4, 0.5) is 0 Å². The molecule has 1 heterocycles. The number of Topliss-reactive ketones (excluding diaryl/α,β-unsaturated/α-hetero) is 1. The number of ketones is 1. The average Bonchev–Trinajstić information content (AvgIpc) is 2.71. The van der Waals surface area contributed by atoms with Crippen LogP contribution in [0.1, 0.15) is 17.3 Å². The standard InChI is InChI=1S/C19H17N3O4S2/c1-13(23)15-6-2-8-16(11-15)28(25,26)22-21-18(24)12-27-17-9-3-5-14-7-4-10-20-19(14)17/h2-11,22H,12H2,1H3,(H,21,24). The summed E-state index contributed by atoms with van der Waals surface area (Å²) >= 11 is 1.26. The third-order valence-electron chi connectivity index (χ3n) is 3.83. The van der Waals surface area contributed by atoms with E-state index in [4.69, 9.17) is 0 Å². The number of para-hydroxylation sites is 1. The van der Waals surface area contributed by atoms with E-state index in [1.54, 1.807) is 6.20 Å². The maximum Gasteiger partial charge on any atom is 0.257 e. The first kappa shape index (κ1) is 20.0. The zero-order valence-electron chi connectivity index (χ0n) is 14.9. The predicted molar refractivity (Wildman–Crippen MR) is 107 cm³/mol. The fourth-order valence-electron chi connectivity index (χ4n) is 2.44. The molecule has 3 aromatic rings. The molecule has 28 heavy (non-hydrogen) atoms. The van der Waals surface area contributed by atoms with E-state index in [0.717, 1.165) is 15.8 Å². The minimum absolute atomic E-state index is 0.00565. The van der Waals surface area contributed by atoms with Crippen LogP contribution in [0.15, 0.2) is 70.6 Å². The number of hydrogen-bond acceptors (Lipinski definition) is 6. The second-order valence-electron chi connectivity index (χ2n) is 5.86. The Balaban J connectivity index is 1.62. The first-order chi connectivity index (χ1) is 13.4. The molecule has 0 aliphatic rings. The van der Waals surface area contributed by atoms with E-state index >= 15 is 0 Å². The monoisotopic (exact) mass is 415 g/mol. The van der Waals surface area contributed by atoms with Gasteiger partial charge in [-0.3, -0.25) is 20.0 Å². The highest BCUT2D eigenvalue weighted by molar-refractivity contribution is 8.00. The quantitative estimate of drug-likeness (QED) is 0.349. The number of carbonyl (C=O) groups is 2. The molecule has 0 saturated heterocycles. The fraction of sp³-hybridized carbons (Fsp3) is 0.105. The number of carbonyl (C=O) groups excluding carboxylic acids is 2. The van der Waals surface area contributed by atoms with Crippen molar-refractivity contribution in [3.05, 3.63) is 66.4 Å². The number of pyridine rings is 1. The number of hydrazine groups is 1. The summed E-state index contributed by atoms with van der Waals surface area (Å²) in [6.07, 6.45) is 1.68. The topological polar surface area (TPSA) is 105 Å². The Labute approximate surface area is 166 Å². The normalized spacial score (nSPS) is 11.3. The molecule has 9 heteroatoms. The SMILES string of the molecule is CC(=O)c1cccc(S(=O)(=O)NNC(=O)CSc2cccc3cccnc23)c1. The van der Waals surface area contributed by atoms with Gasteiger partial charge in [0.1, 0.15) is 0 Å². The van der Waals surface area contributed by atoms with E-state index in [9.17, 15) is 18.0 Å². The van der Waals surface area contributed by atoms with Crippen molar-refractivity contribution >= 4 is 44.4 Å². The molecule has 144 valence electrons. The number of rotatable bonds is 7. The van der Waals surface area contributed by atoms with Crippen molar-refractivity contribution in [2.24, 2.45) is 0 Å².